The van der Waals surface area contributed by atoms with Crippen LogP contribution in [0, 0.1) is 6.92 Å². The molecule has 1 N–H and O–H groups in total. The fraction of sp³-hybridized carbons (Fsp3) is 0.222. The number of carbonyl (C=O) groups is 2. The Morgan fingerprint density at radius 1 is 1.22 bits per heavy atom. The number of carbonyl (C=O) groups excluding carboxylic acids is 2. The molecule has 3 rings (SSSR count). The van der Waals surface area contributed by atoms with Crippen LogP contribution in [0.15, 0.2) is 48.5 Å². The average molecular weight is 326 g/mol. The lowest BCUT2D eigenvalue weighted by Gasteiger charge is -2.29. The molecule has 118 valence electrons. The summed E-state index contributed by atoms with van der Waals surface area (Å²) in [5, 5.41) is 2.79. The first-order valence-electron chi connectivity index (χ1n) is 7.46. The second-order valence-electron chi connectivity index (χ2n) is 5.53. The van der Waals surface area contributed by atoms with E-state index in [1.165, 1.54) is 11.1 Å². The quantitative estimate of drug-likeness (QED) is 0.938. The zero-order chi connectivity index (χ0) is 16.2. The first-order chi connectivity index (χ1) is 11.1. The van der Waals surface area contributed by atoms with Gasteiger partial charge in [-0.15, -0.1) is 11.8 Å². The maximum Gasteiger partial charge on any atom is 0.244 e. The van der Waals surface area contributed by atoms with Crippen molar-refractivity contribution in [3.8, 4) is 0 Å². The molecular weight excluding hydrogens is 308 g/mol. The van der Waals surface area contributed by atoms with Crippen LogP contribution in [-0.4, -0.2) is 24.1 Å². The average Bonchev–Trinajstić information content (AvgIpc) is 2.54. The second-order valence-corrected chi connectivity index (χ2v) is 6.51. The first-order valence-corrected chi connectivity index (χ1v) is 8.61. The van der Waals surface area contributed by atoms with Crippen molar-refractivity contribution in [2.24, 2.45) is 0 Å². The molecule has 0 saturated carbocycles. The smallest absolute Gasteiger partial charge is 0.244 e. The fourth-order valence-electron chi connectivity index (χ4n) is 2.59. The Labute approximate surface area is 139 Å². The van der Waals surface area contributed by atoms with Crippen molar-refractivity contribution in [1.82, 2.24) is 0 Å². The van der Waals surface area contributed by atoms with E-state index in [2.05, 4.69) is 30.4 Å². The molecule has 5 heteroatoms. The van der Waals surface area contributed by atoms with Crippen LogP contribution in [0.5, 0.6) is 0 Å². The molecule has 2 amide bonds. The van der Waals surface area contributed by atoms with E-state index in [0.717, 1.165) is 11.4 Å². The number of fused-ring (bicyclic) bond motifs is 1. The van der Waals surface area contributed by atoms with Gasteiger partial charge in [0.1, 0.15) is 6.54 Å². The number of aryl methyl sites for hydroxylation is 1. The molecule has 4 nitrogen and oxygen atoms in total. The van der Waals surface area contributed by atoms with Crippen LogP contribution in [0.3, 0.4) is 0 Å². The summed E-state index contributed by atoms with van der Waals surface area (Å²) in [6.45, 7) is 2.14. The van der Waals surface area contributed by atoms with Crippen LogP contribution in [0.4, 0.5) is 11.4 Å². The normalized spacial score (nSPS) is 13.4. The Hall–Kier alpha value is -2.27. The number of rotatable bonds is 4. The van der Waals surface area contributed by atoms with Crippen molar-refractivity contribution < 1.29 is 9.59 Å². The molecule has 2 aromatic rings. The molecule has 0 atom stereocenters. The lowest BCUT2D eigenvalue weighted by atomic mass is 10.2. The van der Waals surface area contributed by atoms with E-state index < -0.39 is 0 Å². The van der Waals surface area contributed by atoms with Gasteiger partial charge in [-0.1, -0.05) is 42.0 Å². The highest BCUT2D eigenvalue weighted by Crippen LogP contribution is 2.29. The van der Waals surface area contributed by atoms with Crippen LogP contribution in [0.25, 0.3) is 0 Å². The monoisotopic (exact) mass is 326 g/mol. The predicted molar refractivity (Wildman–Crippen MR) is 94.8 cm³/mol. The van der Waals surface area contributed by atoms with E-state index >= 15 is 0 Å². The Morgan fingerprint density at radius 2 is 2.04 bits per heavy atom. The number of amides is 2. The molecule has 1 heterocycles. The van der Waals surface area contributed by atoms with E-state index in [4.69, 9.17) is 0 Å². The lowest BCUT2D eigenvalue weighted by molar-refractivity contribution is -0.120. The number of nitrogens with zero attached hydrogens (tertiary/aromatic N) is 1. The van der Waals surface area contributed by atoms with Crippen molar-refractivity contribution in [3.05, 3.63) is 59.7 Å². The zero-order valence-corrected chi connectivity index (χ0v) is 13.7. The predicted octanol–water partition coefficient (Wildman–Crippen LogP) is 3.21. The largest absolute Gasteiger partial charge is 0.323 e. The van der Waals surface area contributed by atoms with E-state index in [9.17, 15) is 9.59 Å². The number of para-hydroxylation sites is 2. The van der Waals surface area contributed by atoms with E-state index in [1.807, 2.05) is 30.3 Å². The van der Waals surface area contributed by atoms with Gasteiger partial charge in [-0.05, 0) is 24.6 Å². The van der Waals surface area contributed by atoms with E-state index in [0.29, 0.717) is 11.4 Å². The molecule has 0 radical (unpaired) electrons. The number of thioether (sulfide) groups is 1. The minimum absolute atomic E-state index is 0.0371. The van der Waals surface area contributed by atoms with Gasteiger partial charge in [0.05, 0.1) is 17.1 Å². The SMILES string of the molecule is Cc1cccc(CSCC(=O)N2CC(=O)Nc3ccccc32)c1. The lowest BCUT2D eigenvalue weighted by Crippen LogP contribution is -2.43. The number of hydrogen-bond donors (Lipinski definition) is 1. The molecule has 0 bridgehead atoms. The van der Waals surface area contributed by atoms with Gasteiger partial charge in [0.25, 0.3) is 0 Å². The Balaban J connectivity index is 1.63. The second kappa shape index (κ2) is 6.87. The summed E-state index contributed by atoms with van der Waals surface area (Å²) in [5.74, 6) is 0.954. The molecule has 0 saturated heterocycles. The minimum Gasteiger partial charge on any atom is -0.323 e. The van der Waals surface area contributed by atoms with Crippen molar-refractivity contribution in [1.29, 1.82) is 0 Å². The van der Waals surface area contributed by atoms with Crippen LogP contribution in [0.1, 0.15) is 11.1 Å². The van der Waals surface area contributed by atoms with E-state index in [-0.39, 0.29) is 18.4 Å². The summed E-state index contributed by atoms with van der Waals surface area (Å²) >= 11 is 1.57. The van der Waals surface area contributed by atoms with Crippen LogP contribution in [0.2, 0.25) is 0 Å². The number of hydrogen-bond acceptors (Lipinski definition) is 3. The Morgan fingerprint density at radius 3 is 2.87 bits per heavy atom. The minimum atomic E-state index is -0.152. The maximum absolute atomic E-state index is 12.5. The summed E-state index contributed by atoms with van der Waals surface area (Å²) in [6.07, 6.45) is 0. The van der Waals surface area contributed by atoms with Gasteiger partial charge in [-0.25, -0.2) is 0 Å². The van der Waals surface area contributed by atoms with Crippen molar-refractivity contribution >= 4 is 35.0 Å². The Kier molecular flexibility index (Phi) is 4.67. The molecule has 0 aliphatic carbocycles. The Bertz CT molecular complexity index is 745. The van der Waals surface area contributed by atoms with Crippen molar-refractivity contribution in [2.45, 2.75) is 12.7 Å². The van der Waals surface area contributed by atoms with Gasteiger partial charge in [-0.3, -0.25) is 9.59 Å². The highest BCUT2D eigenvalue weighted by atomic mass is 32.2. The molecule has 2 aromatic carbocycles. The molecular formula is C18H18N2O2S. The number of anilines is 2. The highest BCUT2D eigenvalue weighted by molar-refractivity contribution is 7.99. The molecule has 0 aromatic heterocycles. The molecule has 0 spiro atoms. The highest BCUT2D eigenvalue weighted by Gasteiger charge is 2.26. The van der Waals surface area contributed by atoms with Gasteiger partial charge >= 0.3 is 0 Å². The van der Waals surface area contributed by atoms with Crippen LogP contribution in [-0.2, 0) is 15.3 Å². The third-order valence-corrected chi connectivity index (χ3v) is 4.64. The topological polar surface area (TPSA) is 49.4 Å². The summed E-state index contributed by atoms with van der Waals surface area (Å²) in [5.41, 5.74) is 3.89. The van der Waals surface area contributed by atoms with E-state index in [1.54, 1.807) is 16.7 Å². The molecule has 1 aliphatic rings. The van der Waals surface area contributed by atoms with Gasteiger partial charge in [0.2, 0.25) is 11.8 Å². The van der Waals surface area contributed by atoms with Gasteiger partial charge < -0.3 is 10.2 Å². The molecule has 1 aliphatic heterocycles. The van der Waals surface area contributed by atoms with Crippen molar-refractivity contribution in [2.75, 3.05) is 22.5 Å². The molecule has 0 fully saturated rings. The zero-order valence-electron chi connectivity index (χ0n) is 12.9. The summed E-state index contributed by atoms with van der Waals surface area (Å²) in [4.78, 5) is 25.8. The summed E-state index contributed by atoms with van der Waals surface area (Å²) in [6, 6.07) is 15.7. The third-order valence-electron chi connectivity index (χ3n) is 3.65. The van der Waals surface area contributed by atoms with Gasteiger partial charge in [0.15, 0.2) is 0 Å². The summed E-state index contributed by atoms with van der Waals surface area (Å²) < 4.78 is 0. The first kappa shape index (κ1) is 15.6. The standard InChI is InChI=1S/C18H18N2O2S/c1-13-5-4-6-14(9-13)11-23-12-18(22)20-10-17(21)19-15-7-2-3-8-16(15)20/h2-9H,10-12H2,1H3,(H,19,21). The third kappa shape index (κ3) is 3.74. The maximum atomic E-state index is 12.5. The van der Waals surface area contributed by atoms with Gasteiger partial charge in [0, 0.05) is 5.75 Å². The molecule has 0 unspecified atom stereocenters. The molecule has 23 heavy (non-hydrogen) atoms. The fourth-order valence-corrected chi connectivity index (χ4v) is 3.44. The summed E-state index contributed by atoms with van der Waals surface area (Å²) in [7, 11) is 0. The van der Waals surface area contributed by atoms with Gasteiger partial charge in [-0.2, -0.15) is 0 Å². The number of benzene rings is 2. The van der Waals surface area contributed by atoms with Crippen molar-refractivity contribution in [3.63, 3.8) is 0 Å². The van der Waals surface area contributed by atoms with Crippen LogP contribution < -0.4 is 10.2 Å². The van der Waals surface area contributed by atoms with Crippen LogP contribution >= 0.6 is 11.8 Å². The number of nitrogens with one attached hydrogen (secondary N) is 1.